The monoisotopic (exact) mass is 331 g/mol. The molecule has 1 aliphatic rings. The highest BCUT2D eigenvalue weighted by Gasteiger charge is 2.31. The topological polar surface area (TPSA) is 82.8 Å². The van der Waals surface area contributed by atoms with Crippen LogP contribution in [0.15, 0.2) is 24.4 Å². The van der Waals surface area contributed by atoms with Gasteiger partial charge >= 0.3 is 6.03 Å². The highest BCUT2D eigenvalue weighted by atomic mass is 16.3. The van der Waals surface area contributed by atoms with Crippen molar-refractivity contribution >= 4 is 11.7 Å². The molecule has 2 atom stereocenters. The van der Waals surface area contributed by atoms with E-state index >= 15 is 0 Å². The molecule has 130 valence electrons. The Bertz CT molecular complexity index is 697. The molecular formula is C17H25N5O2. The minimum atomic E-state index is -0.431. The van der Waals surface area contributed by atoms with Crippen LogP contribution in [-0.4, -0.2) is 50.3 Å². The Morgan fingerprint density at radius 3 is 2.96 bits per heavy atom. The Balaban J connectivity index is 1.70. The van der Waals surface area contributed by atoms with Crippen molar-refractivity contribution in [3.05, 3.63) is 30.2 Å². The minimum absolute atomic E-state index is 0.194. The zero-order chi connectivity index (χ0) is 17.1. The van der Waals surface area contributed by atoms with Gasteiger partial charge in [0.05, 0.1) is 12.1 Å². The van der Waals surface area contributed by atoms with E-state index in [4.69, 9.17) is 0 Å². The van der Waals surface area contributed by atoms with Crippen LogP contribution in [0.25, 0.3) is 5.65 Å². The summed E-state index contributed by atoms with van der Waals surface area (Å²) in [6.45, 7) is 2.43. The zero-order valence-corrected chi connectivity index (χ0v) is 14.2. The van der Waals surface area contributed by atoms with E-state index in [0.717, 1.165) is 37.2 Å². The molecule has 1 saturated carbocycles. The first kappa shape index (κ1) is 16.7. The van der Waals surface area contributed by atoms with Gasteiger partial charge in [0, 0.05) is 19.8 Å². The average molecular weight is 331 g/mol. The van der Waals surface area contributed by atoms with E-state index in [1.807, 2.05) is 28.8 Å². The van der Waals surface area contributed by atoms with Crippen LogP contribution in [0.3, 0.4) is 0 Å². The molecule has 2 amide bonds. The maximum absolute atomic E-state index is 12.5. The number of hydrogen-bond acceptors (Lipinski definition) is 4. The molecule has 1 aliphatic carbocycles. The number of aliphatic hydroxyl groups is 1. The second-order valence-corrected chi connectivity index (χ2v) is 6.56. The fourth-order valence-electron chi connectivity index (χ4n) is 2.90. The van der Waals surface area contributed by atoms with Crippen molar-refractivity contribution in [2.45, 2.75) is 44.8 Å². The van der Waals surface area contributed by atoms with Gasteiger partial charge in [0.2, 0.25) is 0 Å². The summed E-state index contributed by atoms with van der Waals surface area (Å²) in [5, 5.41) is 21.5. The third-order valence-electron chi connectivity index (χ3n) is 4.50. The SMILES string of the molecule is CCCC(NC(=O)N(C)CC(O)C1CC1)c1nnc2ccccn12. The van der Waals surface area contributed by atoms with Crippen LogP contribution in [0.2, 0.25) is 0 Å². The number of hydrogen-bond donors (Lipinski definition) is 2. The van der Waals surface area contributed by atoms with Crippen molar-refractivity contribution in [2.75, 3.05) is 13.6 Å². The molecule has 7 nitrogen and oxygen atoms in total. The maximum Gasteiger partial charge on any atom is 0.317 e. The van der Waals surface area contributed by atoms with Crippen LogP contribution in [0.5, 0.6) is 0 Å². The second kappa shape index (κ2) is 7.17. The van der Waals surface area contributed by atoms with Crippen molar-refractivity contribution in [3.63, 3.8) is 0 Å². The van der Waals surface area contributed by atoms with Gasteiger partial charge in [-0.2, -0.15) is 0 Å². The Hall–Kier alpha value is -2.15. The van der Waals surface area contributed by atoms with Crippen molar-refractivity contribution in [1.29, 1.82) is 0 Å². The quantitative estimate of drug-likeness (QED) is 0.813. The molecular weight excluding hydrogens is 306 g/mol. The van der Waals surface area contributed by atoms with E-state index in [1.54, 1.807) is 11.9 Å². The van der Waals surface area contributed by atoms with E-state index in [2.05, 4.69) is 22.4 Å². The maximum atomic E-state index is 12.5. The lowest BCUT2D eigenvalue weighted by molar-refractivity contribution is 0.112. The highest BCUT2D eigenvalue weighted by Crippen LogP contribution is 2.32. The van der Waals surface area contributed by atoms with Gasteiger partial charge < -0.3 is 15.3 Å². The number of urea groups is 1. The summed E-state index contributed by atoms with van der Waals surface area (Å²) in [4.78, 5) is 14.0. The molecule has 7 heteroatoms. The fraction of sp³-hybridized carbons (Fsp3) is 0.588. The smallest absolute Gasteiger partial charge is 0.317 e. The normalized spacial score (nSPS) is 16.8. The molecule has 2 N–H and O–H groups in total. The summed E-state index contributed by atoms with van der Waals surface area (Å²) in [6, 6.07) is 5.32. The largest absolute Gasteiger partial charge is 0.391 e. The molecule has 0 radical (unpaired) electrons. The minimum Gasteiger partial charge on any atom is -0.391 e. The first-order valence-electron chi connectivity index (χ1n) is 8.59. The molecule has 0 aromatic carbocycles. The van der Waals surface area contributed by atoms with Crippen molar-refractivity contribution in [2.24, 2.45) is 5.92 Å². The summed E-state index contributed by atoms with van der Waals surface area (Å²) < 4.78 is 1.90. The fourth-order valence-corrected chi connectivity index (χ4v) is 2.90. The van der Waals surface area contributed by atoms with Crippen LogP contribution >= 0.6 is 0 Å². The predicted molar refractivity (Wildman–Crippen MR) is 90.5 cm³/mol. The van der Waals surface area contributed by atoms with Gasteiger partial charge in [0.1, 0.15) is 0 Å². The summed E-state index contributed by atoms with van der Waals surface area (Å²) in [5.41, 5.74) is 0.764. The predicted octanol–water partition coefficient (Wildman–Crippen LogP) is 1.98. The summed E-state index contributed by atoms with van der Waals surface area (Å²) in [5.74, 6) is 1.09. The van der Waals surface area contributed by atoms with Crippen LogP contribution in [-0.2, 0) is 0 Å². The lowest BCUT2D eigenvalue weighted by Crippen LogP contribution is -2.43. The number of aromatic nitrogens is 3. The van der Waals surface area contributed by atoms with E-state index in [0.29, 0.717) is 12.5 Å². The standard InChI is InChI=1S/C17H25N5O2/c1-3-6-13(16-20-19-15-7-4-5-10-22(15)16)18-17(24)21(2)11-14(23)12-8-9-12/h4-5,7,10,12-14,23H,3,6,8-9,11H2,1-2H3,(H,18,24). The number of rotatable bonds is 7. The molecule has 2 aromatic rings. The molecule has 0 bridgehead atoms. The highest BCUT2D eigenvalue weighted by molar-refractivity contribution is 5.74. The number of nitrogens with one attached hydrogen (secondary N) is 1. The van der Waals surface area contributed by atoms with Crippen LogP contribution < -0.4 is 5.32 Å². The Morgan fingerprint density at radius 1 is 1.46 bits per heavy atom. The van der Waals surface area contributed by atoms with Crippen LogP contribution in [0.4, 0.5) is 4.79 Å². The third-order valence-corrected chi connectivity index (χ3v) is 4.50. The number of amides is 2. The molecule has 2 heterocycles. The van der Waals surface area contributed by atoms with E-state index in [1.165, 1.54) is 0 Å². The Labute approximate surface area is 141 Å². The van der Waals surface area contributed by atoms with Crippen LogP contribution in [0.1, 0.15) is 44.5 Å². The van der Waals surface area contributed by atoms with Gasteiger partial charge in [-0.15, -0.1) is 10.2 Å². The molecule has 1 fully saturated rings. The molecule has 2 aromatic heterocycles. The number of carbonyl (C=O) groups is 1. The lowest BCUT2D eigenvalue weighted by atomic mass is 10.1. The number of likely N-dealkylation sites (N-methyl/N-ethyl adjacent to an activating group) is 1. The number of fused-ring (bicyclic) bond motifs is 1. The number of nitrogens with zero attached hydrogens (tertiary/aromatic N) is 4. The molecule has 24 heavy (non-hydrogen) atoms. The Morgan fingerprint density at radius 2 is 2.25 bits per heavy atom. The molecule has 0 saturated heterocycles. The van der Waals surface area contributed by atoms with Gasteiger partial charge in [0.25, 0.3) is 0 Å². The first-order valence-corrected chi connectivity index (χ1v) is 8.59. The summed E-state index contributed by atoms with van der Waals surface area (Å²) in [7, 11) is 1.71. The Kier molecular flexibility index (Phi) is 4.99. The van der Waals surface area contributed by atoms with Gasteiger partial charge in [-0.05, 0) is 37.3 Å². The van der Waals surface area contributed by atoms with Gasteiger partial charge in [-0.25, -0.2) is 4.79 Å². The third kappa shape index (κ3) is 3.67. The molecule has 3 rings (SSSR count). The lowest BCUT2D eigenvalue weighted by Gasteiger charge is -2.24. The first-order chi connectivity index (χ1) is 11.6. The van der Waals surface area contributed by atoms with Crippen LogP contribution in [0, 0.1) is 5.92 Å². The molecule has 0 spiro atoms. The summed E-state index contributed by atoms with van der Waals surface area (Å²) in [6.07, 6.45) is 5.28. The van der Waals surface area contributed by atoms with Gasteiger partial charge in [0.15, 0.2) is 11.5 Å². The van der Waals surface area contributed by atoms with Crippen molar-refractivity contribution in [3.8, 4) is 0 Å². The van der Waals surface area contributed by atoms with E-state index < -0.39 is 6.10 Å². The number of carbonyl (C=O) groups excluding carboxylic acids is 1. The van der Waals surface area contributed by atoms with Gasteiger partial charge in [-0.1, -0.05) is 19.4 Å². The average Bonchev–Trinajstić information content (AvgIpc) is 3.34. The van der Waals surface area contributed by atoms with E-state index in [9.17, 15) is 9.90 Å². The number of aliphatic hydroxyl groups excluding tert-OH is 1. The molecule has 0 aliphatic heterocycles. The van der Waals surface area contributed by atoms with Crippen molar-refractivity contribution < 1.29 is 9.90 Å². The summed E-state index contributed by atoms with van der Waals surface area (Å²) >= 11 is 0. The van der Waals surface area contributed by atoms with Gasteiger partial charge in [-0.3, -0.25) is 4.40 Å². The van der Waals surface area contributed by atoms with Crippen molar-refractivity contribution in [1.82, 2.24) is 24.8 Å². The zero-order valence-electron chi connectivity index (χ0n) is 14.2. The van der Waals surface area contributed by atoms with E-state index in [-0.39, 0.29) is 12.1 Å². The second-order valence-electron chi connectivity index (χ2n) is 6.56. The number of pyridine rings is 1. The molecule has 2 unspecified atom stereocenters.